The number of anilines is 1. The predicted octanol–water partition coefficient (Wildman–Crippen LogP) is 2.12. The van der Waals surface area contributed by atoms with Crippen LogP contribution in [0.25, 0.3) is 5.65 Å². The van der Waals surface area contributed by atoms with E-state index in [1.165, 1.54) is 17.5 Å². The lowest BCUT2D eigenvalue weighted by Gasteiger charge is -2.39. The summed E-state index contributed by atoms with van der Waals surface area (Å²) in [5.74, 6) is 2.15. The molecule has 6 nitrogen and oxygen atoms in total. The molecule has 0 atom stereocenters. The fourth-order valence-electron chi connectivity index (χ4n) is 2.59. The molecule has 2 aromatic heterocycles. The lowest BCUT2D eigenvalue weighted by molar-refractivity contribution is 0.286. The topological polar surface area (TPSA) is 68.0 Å². The summed E-state index contributed by atoms with van der Waals surface area (Å²) >= 11 is 6.19. The summed E-state index contributed by atoms with van der Waals surface area (Å²) in [4.78, 5) is 0. The van der Waals surface area contributed by atoms with Crippen molar-refractivity contribution in [3.05, 3.63) is 12.1 Å². The summed E-state index contributed by atoms with van der Waals surface area (Å²) in [6.45, 7) is 2.30. The molecular formula is C12H17ClN6. The van der Waals surface area contributed by atoms with Crippen LogP contribution in [0.2, 0.25) is 0 Å². The number of aromatic nitrogens is 5. The van der Waals surface area contributed by atoms with Gasteiger partial charge in [0.2, 0.25) is 0 Å². The molecule has 1 aliphatic rings. The fourth-order valence-corrected chi connectivity index (χ4v) is 2.93. The Hall–Kier alpha value is -1.43. The molecule has 0 aliphatic heterocycles. The van der Waals surface area contributed by atoms with Gasteiger partial charge in [0, 0.05) is 5.88 Å². The first kappa shape index (κ1) is 12.6. The highest BCUT2D eigenvalue weighted by Crippen LogP contribution is 2.35. The molecule has 2 aromatic rings. The quantitative estimate of drug-likeness (QED) is 0.872. The third-order valence-electron chi connectivity index (χ3n) is 3.95. The molecule has 102 valence electrons. The average Bonchev–Trinajstić information content (AvgIpc) is 2.89. The van der Waals surface area contributed by atoms with Crippen molar-refractivity contribution in [3.63, 3.8) is 0 Å². The number of hydrogen-bond acceptors (Lipinski definition) is 5. The van der Waals surface area contributed by atoms with E-state index in [1.54, 1.807) is 0 Å². The van der Waals surface area contributed by atoms with Gasteiger partial charge >= 0.3 is 0 Å². The molecule has 0 aromatic carbocycles. The van der Waals surface area contributed by atoms with Crippen molar-refractivity contribution >= 4 is 23.1 Å². The molecule has 0 unspecified atom stereocenters. The summed E-state index contributed by atoms with van der Waals surface area (Å²) < 4.78 is 1.43. The highest BCUT2D eigenvalue weighted by molar-refractivity contribution is 6.18. The molecule has 1 saturated carbocycles. The van der Waals surface area contributed by atoms with Gasteiger partial charge in [-0.05, 0) is 54.2 Å². The largest absolute Gasteiger partial charge is 0.362 e. The minimum atomic E-state index is -0.0528. The van der Waals surface area contributed by atoms with E-state index in [-0.39, 0.29) is 5.54 Å². The summed E-state index contributed by atoms with van der Waals surface area (Å²) in [5.41, 5.74) is 0.589. The first-order valence-electron chi connectivity index (χ1n) is 6.60. The number of rotatable bonds is 3. The molecule has 0 saturated heterocycles. The van der Waals surface area contributed by atoms with Crippen LogP contribution < -0.4 is 5.32 Å². The normalized spacial score (nSPS) is 27.6. The van der Waals surface area contributed by atoms with Crippen molar-refractivity contribution in [1.82, 2.24) is 25.3 Å². The summed E-state index contributed by atoms with van der Waals surface area (Å²) in [5, 5.41) is 19.1. The second kappa shape index (κ2) is 4.92. The minimum absolute atomic E-state index is 0.0528. The minimum Gasteiger partial charge on any atom is -0.362 e. The smallest absolute Gasteiger partial charge is 0.200 e. The van der Waals surface area contributed by atoms with Crippen LogP contribution in [0.15, 0.2) is 12.1 Å². The van der Waals surface area contributed by atoms with Crippen molar-refractivity contribution in [2.75, 3.05) is 11.2 Å². The molecule has 2 heterocycles. The number of fused-ring (bicyclic) bond motifs is 1. The van der Waals surface area contributed by atoms with Gasteiger partial charge in [-0.25, -0.2) is 0 Å². The summed E-state index contributed by atoms with van der Waals surface area (Å²) in [6.07, 6.45) is 4.56. The van der Waals surface area contributed by atoms with Crippen molar-refractivity contribution in [3.8, 4) is 0 Å². The standard InChI is InChI=1S/C12H17ClN6/c1-9-4-6-12(8-13,7-5-9)14-10-2-3-11-15-17-18-19(11)16-10/h2-3,9H,4-8H2,1H3,(H,14,16). The van der Waals surface area contributed by atoms with Crippen molar-refractivity contribution in [2.24, 2.45) is 5.92 Å². The van der Waals surface area contributed by atoms with Crippen LogP contribution in [0.3, 0.4) is 0 Å². The molecule has 1 N–H and O–H groups in total. The van der Waals surface area contributed by atoms with Crippen LogP contribution in [-0.2, 0) is 0 Å². The number of nitrogens with one attached hydrogen (secondary N) is 1. The Labute approximate surface area is 116 Å². The van der Waals surface area contributed by atoms with Crippen molar-refractivity contribution < 1.29 is 0 Å². The number of halogens is 1. The zero-order chi connectivity index (χ0) is 13.3. The third kappa shape index (κ3) is 2.49. The molecule has 0 radical (unpaired) electrons. The highest BCUT2D eigenvalue weighted by atomic mass is 35.5. The van der Waals surface area contributed by atoms with Gasteiger partial charge in [-0.15, -0.1) is 26.4 Å². The van der Waals surface area contributed by atoms with Crippen molar-refractivity contribution in [1.29, 1.82) is 0 Å². The van der Waals surface area contributed by atoms with E-state index >= 15 is 0 Å². The molecule has 0 bridgehead atoms. The van der Waals surface area contributed by atoms with Crippen LogP contribution in [0.4, 0.5) is 5.82 Å². The average molecular weight is 281 g/mol. The van der Waals surface area contributed by atoms with E-state index in [2.05, 4.69) is 32.9 Å². The number of alkyl halides is 1. The van der Waals surface area contributed by atoms with Gasteiger partial charge in [-0.1, -0.05) is 6.92 Å². The Balaban J connectivity index is 1.81. The molecule has 1 fully saturated rings. The van der Waals surface area contributed by atoms with E-state index in [0.29, 0.717) is 11.5 Å². The molecule has 7 heteroatoms. The first-order valence-corrected chi connectivity index (χ1v) is 7.14. The van der Waals surface area contributed by atoms with E-state index < -0.39 is 0 Å². The maximum atomic E-state index is 6.19. The van der Waals surface area contributed by atoms with Gasteiger partial charge in [0.1, 0.15) is 5.82 Å². The molecular weight excluding hydrogens is 264 g/mol. The van der Waals surface area contributed by atoms with Crippen molar-refractivity contribution in [2.45, 2.75) is 38.1 Å². The second-order valence-corrected chi connectivity index (χ2v) is 5.73. The van der Waals surface area contributed by atoms with Crippen LogP contribution in [0, 0.1) is 5.92 Å². The number of tetrazole rings is 1. The molecule has 1 aliphatic carbocycles. The number of nitrogens with zero attached hydrogens (tertiary/aromatic N) is 5. The maximum Gasteiger partial charge on any atom is 0.200 e. The van der Waals surface area contributed by atoms with Gasteiger partial charge in [0.05, 0.1) is 5.54 Å². The Bertz CT molecular complexity index is 560. The second-order valence-electron chi connectivity index (χ2n) is 5.47. The fraction of sp³-hybridized carbons (Fsp3) is 0.667. The Morgan fingerprint density at radius 1 is 1.42 bits per heavy atom. The highest BCUT2D eigenvalue weighted by Gasteiger charge is 2.33. The zero-order valence-electron chi connectivity index (χ0n) is 10.9. The molecule has 19 heavy (non-hydrogen) atoms. The van der Waals surface area contributed by atoms with E-state index in [1.807, 2.05) is 12.1 Å². The van der Waals surface area contributed by atoms with E-state index in [4.69, 9.17) is 11.6 Å². The van der Waals surface area contributed by atoms with Gasteiger partial charge in [0.25, 0.3) is 0 Å². The third-order valence-corrected chi connectivity index (χ3v) is 4.46. The Morgan fingerprint density at radius 2 is 2.21 bits per heavy atom. The Morgan fingerprint density at radius 3 is 2.95 bits per heavy atom. The zero-order valence-corrected chi connectivity index (χ0v) is 11.6. The molecule has 0 amide bonds. The lowest BCUT2D eigenvalue weighted by atomic mass is 9.78. The van der Waals surface area contributed by atoms with Gasteiger partial charge in [-0.2, -0.15) is 0 Å². The summed E-state index contributed by atoms with van der Waals surface area (Å²) in [6, 6.07) is 3.75. The SMILES string of the molecule is CC1CCC(CCl)(Nc2ccc3nnnn3n2)CC1. The van der Waals surface area contributed by atoms with E-state index in [9.17, 15) is 0 Å². The lowest BCUT2D eigenvalue weighted by Crippen LogP contribution is -2.43. The first-order chi connectivity index (χ1) is 9.21. The number of hydrogen-bond donors (Lipinski definition) is 1. The van der Waals surface area contributed by atoms with E-state index in [0.717, 1.165) is 24.6 Å². The van der Waals surface area contributed by atoms with Crippen LogP contribution in [0.5, 0.6) is 0 Å². The van der Waals surface area contributed by atoms with Crippen LogP contribution >= 0.6 is 11.6 Å². The van der Waals surface area contributed by atoms with Crippen LogP contribution in [0.1, 0.15) is 32.6 Å². The van der Waals surface area contributed by atoms with Gasteiger partial charge < -0.3 is 5.32 Å². The predicted molar refractivity (Wildman–Crippen MR) is 73.3 cm³/mol. The summed E-state index contributed by atoms with van der Waals surface area (Å²) in [7, 11) is 0. The van der Waals surface area contributed by atoms with Gasteiger partial charge in [-0.3, -0.25) is 0 Å². The monoisotopic (exact) mass is 280 g/mol. The molecule has 3 rings (SSSR count). The van der Waals surface area contributed by atoms with Gasteiger partial charge in [0.15, 0.2) is 5.65 Å². The molecule has 0 spiro atoms. The van der Waals surface area contributed by atoms with Crippen LogP contribution in [-0.4, -0.2) is 36.7 Å². The Kier molecular flexibility index (Phi) is 3.26. The maximum absolute atomic E-state index is 6.19.